The number of Topliss-reactive ketones (excluding diaryl/α,β-unsaturated/α-hetero) is 1. The maximum Gasteiger partial charge on any atom is 0.308 e. The van der Waals surface area contributed by atoms with Crippen LogP contribution in [0.4, 0.5) is 0 Å². The molecule has 3 amide bonds. The molecule has 0 spiro atoms. The molecular formula is C20H33N3O4. The van der Waals surface area contributed by atoms with Crippen LogP contribution in [-0.4, -0.2) is 40.6 Å². The van der Waals surface area contributed by atoms with Crippen molar-refractivity contribution in [1.82, 2.24) is 15.8 Å². The lowest BCUT2D eigenvalue weighted by Gasteiger charge is -2.35. The van der Waals surface area contributed by atoms with Crippen LogP contribution in [0.3, 0.4) is 0 Å². The molecule has 2 rings (SSSR count). The Hall–Kier alpha value is -1.92. The van der Waals surface area contributed by atoms with Crippen molar-refractivity contribution < 1.29 is 19.2 Å². The summed E-state index contributed by atoms with van der Waals surface area (Å²) in [4.78, 5) is 50.1. The Morgan fingerprint density at radius 1 is 1.15 bits per heavy atom. The van der Waals surface area contributed by atoms with Crippen LogP contribution in [0.5, 0.6) is 0 Å². The molecule has 0 bridgehead atoms. The molecule has 1 saturated carbocycles. The maximum absolute atomic E-state index is 13.0. The Labute approximate surface area is 161 Å². The summed E-state index contributed by atoms with van der Waals surface area (Å²) < 4.78 is 0. The fourth-order valence-electron chi connectivity index (χ4n) is 3.89. The summed E-state index contributed by atoms with van der Waals surface area (Å²) in [6.45, 7) is 5.82. The lowest BCUT2D eigenvalue weighted by molar-refractivity contribution is -0.149. The van der Waals surface area contributed by atoms with E-state index in [4.69, 9.17) is 0 Å². The second-order valence-electron chi connectivity index (χ2n) is 8.11. The average Bonchev–Trinajstić information content (AvgIpc) is 2.89. The number of nitrogens with zero attached hydrogens (tertiary/aromatic N) is 1. The van der Waals surface area contributed by atoms with Crippen LogP contribution in [0.2, 0.25) is 0 Å². The number of nitrogens with one attached hydrogen (secondary N) is 2. The van der Waals surface area contributed by atoms with E-state index < -0.39 is 17.2 Å². The molecule has 0 aromatic rings. The number of hydrogen-bond donors (Lipinski definition) is 2. The molecule has 7 heteroatoms. The highest BCUT2D eigenvalue weighted by Crippen LogP contribution is 2.27. The van der Waals surface area contributed by atoms with Gasteiger partial charge in [0.25, 0.3) is 0 Å². The van der Waals surface area contributed by atoms with Crippen LogP contribution in [0.1, 0.15) is 78.6 Å². The first kappa shape index (κ1) is 21.4. The van der Waals surface area contributed by atoms with Crippen molar-refractivity contribution in [3.05, 3.63) is 0 Å². The van der Waals surface area contributed by atoms with Gasteiger partial charge in [0.1, 0.15) is 5.54 Å². The van der Waals surface area contributed by atoms with Crippen molar-refractivity contribution in [2.24, 2.45) is 11.8 Å². The summed E-state index contributed by atoms with van der Waals surface area (Å²) in [7, 11) is 0. The predicted octanol–water partition coefficient (Wildman–Crippen LogP) is 2.10. The fraction of sp³-hybridized carbons (Fsp3) is 0.800. The van der Waals surface area contributed by atoms with Crippen molar-refractivity contribution in [3.63, 3.8) is 0 Å². The Bertz CT molecular complexity index is 584. The van der Waals surface area contributed by atoms with Gasteiger partial charge in [-0.15, -0.1) is 0 Å². The minimum atomic E-state index is -1.29. The van der Waals surface area contributed by atoms with Gasteiger partial charge in [-0.1, -0.05) is 46.0 Å². The number of rotatable bonds is 7. The highest BCUT2D eigenvalue weighted by molar-refractivity contribution is 6.40. The highest BCUT2D eigenvalue weighted by atomic mass is 16.2. The molecule has 1 saturated heterocycles. The van der Waals surface area contributed by atoms with E-state index in [9.17, 15) is 19.2 Å². The Kier molecular flexibility index (Phi) is 7.39. The van der Waals surface area contributed by atoms with Gasteiger partial charge in [-0.05, 0) is 32.1 Å². The van der Waals surface area contributed by atoms with Crippen LogP contribution in [-0.2, 0) is 19.2 Å². The van der Waals surface area contributed by atoms with Gasteiger partial charge in [-0.3, -0.25) is 29.6 Å². The van der Waals surface area contributed by atoms with Crippen LogP contribution in [0, 0.1) is 11.8 Å². The van der Waals surface area contributed by atoms with E-state index in [2.05, 4.69) is 10.7 Å². The predicted molar refractivity (Wildman–Crippen MR) is 101 cm³/mol. The van der Waals surface area contributed by atoms with E-state index in [1.54, 1.807) is 6.92 Å². The number of ketones is 1. The Morgan fingerprint density at radius 3 is 2.30 bits per heavy atom. The Morgan fingerprint density at radius 2 is 1.78 bits per heavy atom. The molecule has 2 N–H and O–H groups in total. The van der Waals surface area contributed by atoms with Crippen LogP contribution < -0.4 is 10.7 Å². The molecule has 2 aliphatic rings. The number of hydrazine groups is 1. The van der Waals surface area contributed by atoms with Gasteiger partial charge in [-0.2, -0.15) is 0 Å². The largest absolute Gasteiger partial charge is 0.343 e. The van der Waals surface area contributed by atoms with Crippen molar-refractivity contribution in [2.45, 2.75) is 84.1 Å². The number of carbonyl (C=O) groups excluding carboxylic acids is 4. The minimum absolute atomic E-state index is 0.105. The van der Waals surface area contributed by atoms with E-state index in [0.717, 1.165) is 38.5 Å². The monoisotopic (exact) mass is 379 g/mol. The minimum Gasteiger partial charge on any atom is -0.343 e. The van der Waals surface area contributed by atoms with Gasteiger partial charge in [0.15, 0.2) is 0 Å². The van der Waals surface area contributed by atoms with Gasteiger partial charge in [0, 0.05) is 18.9 Å². The summed E-state index contributed by atoms with van der Waals surface area (Å²) in [6.07, 6.45) is 7.63. The molecule has 1 heterocycles. The molecular weight excluding hydrogens is 346 g/mol. The smallest absolute Gasteiger partial charge is 0.308 e. The molecule has 0 aromatic heterocycles. The van der Waals surface area contributed by atoms with E-state index in [-0.39, 0.29) is 23.7 Å². The SMILES string of the molecule is CCC(C)C(C)(NC(=O)C1CCCCCC1)C(=O)C(=O)NN1CCCC1=O. The molecule has 0 radical (unpaired) electrons. The van der Waals surface area contributed by atoms with E-state index >= 15 is 0 Å². The first-order valence-electron chi connectivity index (χ1n) is 10.3. The summed E-state index contributed by atoms with van der Waals surface area (Å²) in [5, 5.41) is 4.10. The van der Waals surface area contributed by atoms with Crippen molar-refractivity contribution in [1.29, 1.82) is 0 Å². The topological polar surface area (TPSA) is 95.6 Å². The van der Waals surface area contributed by atoms with Gasteiger partial charge in [0.2, 0.25) is 17.6 Å². The fourth-order valence-corrected chi connectivity index (χ4v) is 3.89. The van der Waals surface area contributed by atoms with E-state index in [1.165, 1.54) is 5.01 Å². The van der Waals surface area contributed by atoms with Gasteiger partial charge >= 0.3 is 5.91 Å². The highest BCUT2D eigenvalue weighted by Gasteiger charge is 2.44. The third kappa shape index (κ3) is 5.08. The van der Waals surface area contributed by atoms with Crippen LogP contribution in [0.25, 0.3) is 0 Å². The summed E-state index contributed by atoms with van der Waals surface area (Å²) in [5.41, 5.74) is 1.13. The first-order chi connectivity index (χ1) is 12.8. The van der Waals surface area contributed by atoms with E-state index in [1.807, 2.05) is 13.8 Å². The van der Waals surface area contributed by atoms with Crippen LogP contribution in [0.15, 0.2) is 0 Å². The number of hydrogen-bond acceptors (Lipinski definition) is 4. The van der Waals surface area contributed by atoms with E-state index in [0.29, 0.717) is 25.8 Å². The quantitative estimate of drug-likeness (QED) is 0.523. The molecule has 152 valence electrons. The second kappa shape index (κ2) is 9.33. The van der Waals surface area contributed by atoms with Crippen molar-refractivity contribution in [3.8, 4) is 0 Å². The molecule has 1 aliphatic heterocycles. The van der Waals surface area contributed by atoms with Crippen LogP contribution >= 0.6 is 0 Å². The third-order valence-electron chi connectivity index (χ3n) is 6.19. The average molecular weight is 380 g/mol. The molecule has 0 aromatic carbocycles. The van der Waals surface area contributed by atoms with Gasteiger partial charge in [-0.25, -0.2) is 0 Å². The molecule has 2 fully saturated rings. The van der Waals surface area contributed by atoms with Gasteiger partial charge < -0.3 is 5.32 Å². The summed E-state index contributed by atoms with van der Waals surface area (Å²) >= 11 is 0. The summed E-state index contributed by atoms with van der Waals surface area (Å²) in [5.74, 6) is -2.18. The zero-order valence-corrected chi connectivity index (χ0v) is 16.8. The lowest BCUT2D eigenvalue weighted by Crippen LogP contribution is -2.62. The molecule has 2 atom stereocenters. The first-order valence-corrected chi connectivity index (χ1v) is 10.3. The lowest BCUT2D eigenvalue weighted by atomic mass is 9.80. The maximum atomic E-state index is 13.0. The molecule has 7 nitrogen and oxygen atoms in total. The van der Waals surface area contributed by atoms with Gasteiger partial charge in [0.05, 0.1) is 0 Å². The normalized spacial score (nSPS) is 21.9. The zero-order chi connectivity index (χ0) is 20.0. The number of amides is 3. The third-order valence-corrected chi connectivity index (χ3v) is 6.19. The number of carbonyl (C=O) groups is 4. The Balaban J connectivity index is 2.11. The van der Waals surface area contributed by atoms with Crippen molar-refractivity contribution in [2.75, 3.05) is 6.54 Å². The van der Waals surface area contributed by atoms with Crippen molar-refractivity contribution >= 4 is 23.5 Å². The molecule has 2 unspecified atom stereocenters. The zero-order valence-electron chi connectivity index (χ0n) is 16.8. The standard InChI is InChI=1S/C20H33N3O4/c1-4-14(2)20(3,21-18(26)15-10-7-5-6-8-11-15)17(25)19(27)22-23-13-9-12-16(23)24/h14-15H,4-13H2,1-3H3,(H,21,26)(H,22,27). The second-order valence-corrected chi connectivity index (χ2v) is 8.11. The molecule has 27 heavy (non-hydrogen) atoms. The molecule has 1 aliphatic carbocycles. The summed E-state index contributed by atoms with van der Waals surface area (Å²) in [6, 6.07) is 0.